The van der Waals surface area contributed by atoms with Gasteiger partial charge in [0.05, 0.1) is 18.5 Å². The van der Waals surface area contributed by atoms with Crippen molar-refractivity contribution in [3.05, 3.63) is 29.8 Å². The van der Waals surface area contributed by atoms with E-state index in [9.17, 15) is 8.42 Å². The number of likely N-dealkylation sites (tertiary alicyclic amines) is 1. The molecule has 1 aromatic rings. The van der Waals surface area contributed by atoms with E-state index in [-0.39, 0.29) is 0 Å². The summed E-state index contributed by atoms with van der Waals surface area (Å²) >= 11 is 0. The number of guanidine groups is 1. The third kappa shape index (κ3) is 7.61. The predicted octanol–water partition coefficient (Wildman–Crippen LogP) is 1.60. The minimum absolute atomic E-state index is 0.401. The van der Waals surface area contributed by atoms with E-state index in [0.29, 0.717) is 12.2 Å². The Kier molecular flexibility index (Phi) is 8.18. The van der Waals surface area contributed by atoms with Crippen molar-refractivity contribution < 1.29 is 8.42 Å². The van der Waals surface area contributed by atoms with Crippen molar-refractivity contribution in [1.29, 1.82) is 0 Å². The first kappa shape index (κ1) is 20.5. The maximum Gasteiger partial charge on any atom is 0.229 e. The Hall–Kier alpha value is -1.80. The highest BCUT2D eigenvalue weighted by molar-refractivity contribution is 7.92. The lowest BCUT2D eigenvalue weighted by atomic mass is 10.1. The van der Waals surface area contributed by atoms with Crippen molar-refractivity contribution in [3.8, 4) is 0 Å². The summed E-state index contributed by atoms with van der Waals surface area (Å²) in [7, 11) is -3.31. The van der Waals surface area contributed by atoms with Crippen molar-refractivity contribution in [2.24, 2.45) is 4.99 Å². The molecule has 1 aliphatic rings. The van der Waals surface area contributed by atoms with Crippen molar-refractivity contribution in [3.63, 3.8) is 0 Å². The maximum absolute atomic E-state index is 11.5. The second-order valence-electron chi connectivity index (χ2n) is 6.56. The molecule has 8 heteroatoms. The molecule has 0 spiro atoms. The molecule has 0 amide bonds. The van der Waals surface area contributed by atoms with Crippen molar-refractivity contribution >= 4 is 21.7 Å². The van der Waals surface area contributed by atoms with Gasteiger partial charge in [0.15, 0.2) is 5.96 Å². The smallest absolute Gasteiger partial charge is 0.229 e. The molecule has 0 atom stereocenters. The highest BCUT2D eigenvalue weighted by Gasteiger charge is 2.10. The predicted molar refractivity (Wildman–Crippen MR) is 108 cm³/mol. The third-order valence-corrected chi connectivity index (χ3v) is 4.82. The van der Waals surface area contributed by atoms with Crippen LogP contribution in [0.25, 0.3) is 0 Å². The number of hydrogen-bond donors (Lipinski definition) is 3. The highest BCUT2D eigenvalue weighted by Crippen LogP contribution is 2.17. The third-order valence-electron chi connectivity index (χ3n) is 4.23. The van der Waals surface area contributed by atoms with E-state index in [4.69, 9.17) is 0 Å². The minimum atomic E-state index is -3.31. The molecule has 0 bridgehead atoms. The van der Waals surface area contributed by atoms with Gasteiger partial charge in [-0.3, -0.25) is 4.72 Å². The van der Waals surface area contributed by atoms with Crippen molar-refractivity contribution in [2.75, 3.05) is 43.7 Å². The molecule has 146 valence electrons. The van der Waals surface area contributed by atoms with Crippen LogP contribution in [0.3, 0.4) is 0 Å². The van der Waals surface area contributed by atoms with E-state index in [0.717, 1.165) is 37.4 Å². The summed E-state index contributed by atoms with van der Waals surface area (Å²) in [4.78, 5) is 7.08. The Morgan fingerprint density at radius 2 is 1.88 bits per heavy atom. The lowest BCUT2D eigenvalue weighted by Gasteiger charge is -2.26. The molecule has 1 saturated heterocycles. The average molecular weight is 382 g/mol. The topological polar surface area (TPSA) is 85.8 Å². The van der Waals surface area contributed by atoms with E-state index in [1.165, 1.54) is 32.4 Å². The Bertz CT molecular complexity index is 685. The van der Waals surface area contributed by atoms with Gasteiger partial charge in [-0.05, 0) is 44.5 Å². The number of piperidine rings is 1. The van der Waals surface area contributed by atoms with Gasteiger partial charge in [0.25, 0.3) is 0 Å². The van der Waals surface area contributed by atoms with Crippen LogP contribution in [-0.2, 0) is 16.6 Å². The van der Waals surface area contributed by atoms with Crippen molar-refractivity contribution in [1.82, 2.24) is 15.5 Å². The molecule has 0 saturated carbocycles. The van der Waals surface area contributed by atoms with Crippen LogP contribution in [0.1, 0.15) is 31.7 Å². The van der Waals surface area contributed by atoms with Gasteiger partial charge in [-0.1, -0.05) is 24.6 Å². The molecule has 1 aliphatic heterocycles. The molecule has 0 unspecified atom stereocenters. The largest absolute Gasteiger partial charge is 0.357 e. The van der Waals surface area contributed by atoms with Gasteiger partial charge in [0.2, 0.25) is 10.0 Å². The van der Waals surface area contributed by atoms with Crippen LogP contribution in [-0.4, -0.2) is 58.3 Å². The zero-order valence-corrected chi connectivity index (χ0v) is 16.6. The lowest BCUT2D eigenvalue weighted by Crippen LogP contribution is -2.42. The summed E-state index contributed by atoms with van der Waals surface area (Å²) < 4.78 is 25.6. The number of sulfonamides is 1. The normalized spacial score (nSPS) is 16.3. The Labute approximate surface area is 157 Å². The van der Waals surface area contributed by atoms with Gasteiger partial charge < -0.3 is 15.5 Å². The number of nitrogens with zero attached hydrogens (tertiary/aromatic N) is 2. The van der Waals surface area contributed by atoms with E-state index in [1.807, 2.05) is 25.1 Å². The first-order chi connectivity index (χ1) is 12.5. The first-order valence-electron chi connectivity index (χ1n) is 9.28. The summed E-state index contributed by atoms with van der Waals surface area (Å²) in [5.74, 6) is 0.749. The summed E-state index contributed by atoms with van der Waals surface area (Å²) in [5, 5.41) is 6.60. The lowest BCUT2D eigenvalue weighted by molar-refractivity contribution is 0.232. The van der Waals surface area contributed by atoms with Gasteiger partial charge in [-0.15, -0.1) is 0 Å². The fourth-order valence-electron chi connectivity index (χ4n) is 2.98. The van der Waals surface area contributed by atoms with E-state index in [1.54, 1.807) is 6.07 Å². The zero-order chi connectivity index (χ0) is 18.8. The molecule has 2 rings (SSSR count). The van der Waals surface area contributed by atoms with Crippen LogP contribution >= 0.6 is 0 Å². The average Bonchev–Trinajstić information content (AvgIpc) is 2.60. The van der Waals surface area contributed by atoms with Crippen LogP contribution in [0.5, 0.6) is 0 Å². The number of aliphatic imine (C=N–C) groups is 1. The van der Waals surface area contributed by atoms with E-state index in [2.05, 4.69) is 25.2 Å². The molecule has 3 N–H and O–H groups in total. The SMILES string of the molecule is CCNC(=NCc1ccccc1NS(C)(=O)=O)NCCN1CCCCC1. The molecule has 0 aromatic heterocycles. The standard InChI is InChI=1S/C18H31N5O2S/c1-3-19-18(20-11-14-23-12-7-4-8-13-23)21-15-16-9-5-6-10-17(16)22-26(2,24)25/h5-6,9-10,22H,3-4,7-8,11-15H2,1-2H3,(H2,19,20,21). The quantitative estimate of drug-likeness (QED) is 0.470. The second-order valence-corrected chi connectivity index (χ2v) is 8.30. The number of rotatable bonds is 8. The maximum atomic E-state index is 11.5. The van der Waals surface area contributed by atoms with E-state index >= 15 is 0 Å². The first-order valence-corrected chi connectivity index (χ1v) is 11.2. The Morgan fingerprint density at radius 3 is 2.58 bits per heavy atom. The molecule has 7 nitrogen and oxygen atoms in total. The molecule has 0 radical (unpaired) electrons. The van der Waals surface area contributed by atoms with Crippen LogP contribution < -0.4 is 15.4 Å². The van der Waals surface area contributed by atoms with Gasteiger partial charge in [-0.2, -0.15) is 0 Å². The molecule has 1 aromatic carbocycles. The van der Waals surface area contributed by atoms with Crippen molar-refractivity contribution in [2.45, 2.75) is 32.7 Å². The summed E-state index contributed by atoms with van der Waals surface area (Å²) in [5.41, 5.74) is 1.41. The molecule has 26 heavy (non-hydrogen) atoms. The molecular formula is C18H31N5O2S. The van der Waals surface area contributed by atoms with Gasteiger partial charge in [0, 0.05) is 19.6 Å². The Balaban J connectivity index is 1.93. The summed E-state index contributed by atoms with van der Waals surface area (Å²) in [6.07, 6.45) is 5.07. The number of nitrogens with one attached hydrogen (secondary N) is 3. The van der Waals surface area contributed by atoms with Crippen LogP contribution in [0, 0.1) is 0 Å². The minimum Gasteiger partial charge on any atom is -0.357 e. The monoisotopic (exact) mass is 381 g/mol. The number of benzene rings is 1. The number of para-hydroxylation sites is 1. The fraction of sp³-hybridized carbons (Fsp3) is 0.611. The van der Waals surface area contributed by atoms with Gasteiger partial charge in [0.1, 0.15) is 0 Å². The zero-order valence-electron chi connectivity index (χ0n) is 15.8. The molecule has 1 fully saturated rings. The fourth-order valence-corrected chi connectivity index (χ4v) is 3.58. The molecular weight excluding hydrogens is 350 g/mol. The summed E-state index contributed by atoms with van der Waals surface area (Å²) in [6.45, 7) is 7.42. The second kappa shape index (κ2) is 10.4. The van der Waals surface area contributed by atoms with Crippen LogP contribution in [0.4, 0.5) is 5.69 Å². The number of hydrogen-bond acceptors (Lipinski definition) is 4. The van der Waals surface area contributed by atoms with Crippen LogP contribution in [0.2, 0.25) is 0 Å². The van der Waals surface area contributed by atoms with E-state index < -0.39 is 10.0 Å². The highest BCUT2D eigenvalue weighted by atomic mass is 32.2. The molecule has 0 aliphatic carbocycles. The van der Waals surface area contributed by atoms with Crippen LogP contribution in [0.15, 0.2) is 29.3 Å². The summed E-state index contributed by atoms with van der Waals surface area (Å²) in [6, 6.07) is 7.33. The Morgan fingerprint density at radius 1 is 1.15 bits per heavy atom. The van der Waals surface area contributed by atoms with Gasteiger partial charge in [-0.25, -0.2) is 13.4 Å². The van der Waals surface area contributed by atoms with Gasteiger partial charge >= 0.3 is 0 Å². The number of anilines is 1. The molecule has 1 heterocycles.